The summed E-state index contributed by atoms with van der Waals surface area (Å²) >= 11 is 0. The van der Waals surface area contributed by atoms with E-state index in [4.69, 9.17) is 13.9 Å². The lowest BCUT2D eigenvalue weighted by Gasteiger charge is -2.37. The van der Waals surface area contributed by atoms with E-state index in [1.165, 1.54) is 0 Å². The molecule has 1 fully saturated rings. The minimum atomic E-state index is -2.02. The van der Waals surface area contributed by atoms with E-state index in [0.717, 1.165) is 18.9 Å². The maximum absolute atomic E-state index is 12.2. The number of rotatable bonds is 10. The zero-order valence-corrected chi connectivity index (χ0v) is 17.5. The molecule has 1 aliphatic carbocycles. The van der Waals surface area contributed by atoms with Gasteiger partial charge in [-0.05, 0) is 43.3 Å². The molecule has 1 aliphatic rings. The molecule has 6 heteroatoms. The van der Waals surface area contributed by atoms with Crippen molar-refractivity contribution >= 4 is 20.8 Å². The first-order valence-corrected chi connectivity index (χ1v) is 12.7. The van der Waals surface area contributed by atoms with Gasteiger partial charge in [-0.15, -0.1) is 0 Å². The maximum atomic E-state index is 12.2. The molecule has 2 rings (SSSR count). The van der Waals surface area contributed by atoms with Crippen LogP contribution in [0, 0.1) is 5.92 Å². The minimum absolute atomic E-state index is 0.0893. The molecule has 0 heterocycles. The number of hydrogen-bond donors (Lipinski definition) is 0. The second-order valence-electron chi connectivity index (χ2n) is 7.66. The molecule has 2 unspecified atom stereocenters. The van der Waals surface area contributed by atoms with Gasteiger partial charge < -0.3 is 13.9 Å². The number of esters is 1. The molecule has 0 aromatic heterocycles. The van der Waals surface area contributed by atoms with Gasteiger partial charge in [0.05, 0.1) is 12.2 Å². The predicted octanol–water partition coefficient (Wildman–Crippen LogP) is 4.70. The SMILES string of the molecule is C=C1C(COC(=O)c2ccccc2)CCC1(OC=O)O[Si](C)(C)CCCC. The Kier molecular flexibility index (Phi) is 7.38. The Morgan fingerprint density at radius 1 is 1.33 bits per heavy atom. The molecule has 1 aromatic carbocycles. The van der Waals surface area contributed by atoms with Crippen molar-refractivity contribution in [3.63, 3.8) is 0 Å². The van der Waals surface area contributed by atoms with Crippen LogP contribution in [-0.2, 0) is 18.7 Å². The topological polar surface area (TPSA) is 61.8 Å². The number of carbonyl (C=O) groups is 2. The first kappa shape index (κ1) is 21.4. The summed E-state index contributed by atoms with van der Waals surface area (Å²) in [6.45, 7) is 11.2. The van der Waals surface area contributed by atoms with Crippen molar-refractivity contribution in [3.05, 3.63) is 48.0 Å². The number of benzene rings is 1. The summed E-state index contributed by atoms with van der Waals surface area (Å²) in [6, 6.07) is 9.87. The van der Waals surface area contributed by atoms with Gasteiger partial charge in [0.1, 0.15) is 0 Å². The molecular formula is C21H30O5Si. The van der Waals surface area contributed by atoms with Crippen molar-refractivity contribution in [1.82, 2.24) is 0 Å². The van der Waals surface area contributed by atoms with Gasteiger partial charge in [-0.25, -0.2) is 4.79 Å². The van der Waals surface area contributed by atoms with Gasteiger partial charge in [0, 0.05) is 12.3 Å². The van der Waals surface area contributed by atoms with Crippen LogP contribution in [0.5, 0.6) is 0 Å². The lowest BCUT2D eigenvalue weighted by molar-refractivity contribution is -0.171. The summed E-state index contributed by atoms with van der Waals surface area (Å²) in [5, 5.41) is 0. The molecule has 0 aliphatic heterocycles. The van der Waals surface area contributed by atoms with Crippen molar-refractivity contribution in [3.8, 4) is 0 Å². The fraction of sp³-hybridized carbons (Fsp3) is 0.524. The molecule has 0 spiro atoms. The smallest absolute Gasteiger partial charge is 0.338 e. The second-order valence-corrected chi connectivity index (χ2v) is 11.9. The van der Waals surface area contributed by atoms with Crippen molar-refractivity contribution in [2.24, 2.45) is 5.92 Å². The Morgan fingerprint density at radius 3 is 2.67 bits per heavy atom. The van der Waals surface area contributed by atoms with Gasteiger partial charge in [0.2, 0.25) is 5.79 Å². The van der Waals surface area contributed by atoms with Crippen LogP contribution >= 0.6 is 0 Å². The molecule has 0 radical (unpaired) electrons. The van der Waals surface area contributed by atoms with Crippen molar-refractivity contribution in [1.29, 1.82) is 0 Å². The molecule has 1 saturated carbocycles. The molecule has 0 bridgehead atoms. The number of ether oxygens (including phenoxy) is 2. The fourth-order valence-electron chi connectivity index (χ4n) is 3.48. The standard InChI is InChI=1S/C21H30O5Si/c1-5-6-14-27(3,4)26-21(25-16-22)13-12-19(17(21)2)15-24-20(23)18-10-8-7-9-11-18/h7-11,16,19H,2,5-6,12-15H2,1,3-4H3. The van der Waals surface area contributed by atoms with Crippen LogP contribution in [0.4, 0.5) is 0 Å². The number of hydrogen-bond acceptors (Lipinski definition) is 5. The van der Waals surface area contributed by atoms with Gasteiger partial charge in [-0.2, -0.15) is 0 Å². The quantitative estimate of drug-likeness (QED) is 0.190. The third-order valence-corrected chi connectivity index (χ3v) is 7.48. The number of carbonyl (C=O) groups excluding carboxylic acids is 2. The molecule has 5 nitrogen and oxygen atoms in total. The molecular weight excluding hydrogens is 360 g/mol. The van der Waals surface area contributed by atoms with Crippen LogP contribution in [-0.4, -0.2) is 33.2 Å². The highest BCUT2D eigenvalue weighted by Gasteiger charge is 2.49. The Balaban J connectivity index is 2.02. The van der Waals surface area contributed by atoms with Crippen molar-refractivity contribution < 1.29 is 23.5 Å². The molecule has 27 heavy (non-hydrogen) atoms. The van der Waals surface area contributed by atoms with Crippen LogP contribution in [0.25, 0.3) is 0 Å². The normalized spacial score (nSPS) is 22.5. The van der Waals surface area contributed by atoms with Crippen molar-refractivity contribution in [2.45, 2.75) is 57.5 Å². The Labute approximate surface area is 162 Å². The summed E-state index contributed by atoms with van der Waals surface area (Å²) in [7, 11) is -2.02. The average molecular weight is 391 g/mol. The third-order valence-electron chi connectivity index (χ3n) is 5.04. The summed E-state index contributed by atoms with van der Waals surface area (Å²) in [5.41, 5.74) is 1.20. The lowest BCUT2D eigenvalue weighted by Crippen LogP contribution is -2.46. The zero-order valence-electron chi connectivity index (χ0n) is 16.5. The predicted molar refractivity (Wildman–Crippen MR) is 107 cm³/mol. The first-order valence-electron chi connectivity index (χ1n) is 9.56. The third kappa shape index (κ3) is 5.53. The van der Waals surface area contributed by atoms with Gasteiger partial charge in [0.25, 0.3) is 6.47 Å². The molecule has 2 atom stereocenters. The van der Waals surface area contributed by atoms with Crippen LogP contribution in [0.3, 0.4) is 0 Å². The van der Waals surface area contributed by atoms with Crippen LogP contribution < -0.4 is 0 Å². The van der Waals surface area contributed by atoms with Gasteiger partial charge in [-0.3, -0.25) is 4.79 Å². The van der Waals surface area contributed by atoms with Crippen LogP contribution in [0.2, 0.25) is 19.1 Å². The summed E-state index contributed by atoms with van der Waals surface area (Å²) in [5.74, 6) is -1.54. The molecule has 0 amide bonds. The van der Waals surface area contributed by atoms with Gasteiger partial charge in [-0.1, -0.05) is 44.5 Å². The highest BCUT2D eigenvalue weighted by Crippen LogP contribution is 2.44. The molecule has 1 aromatic rings. The van der Waals surface area contributed by atoms with E-state index in [0.29, 0.717) is 30.5 Å². The minimum Gasteiger partial charge on any atom is -0.461 e. The molecule has 0 saturated heterocycles. The monoisotopic (exact) mass is 390 g/mol. The molecule has 0 N–H and O–H groups in total. The van der Waals surface area contributed by atoms with E-state index in [2.05, 4.69) is 26.6 Å². The lowest BCUT2D eigenvalue weighted by atomic mass is 10.0. The summed E-state index contributed by atoms with van der Waals surface area (Å²) in [4.78, 5) is 23.3. The van der Waals surface area contributed by atoms with Gasteiger partial charge in [0.15, 0.2) is 8.32 Å². The maximum Gasteiger partial charge on any atom is 0.338 e. The number of unbranched alkanes of at least 4 members (excludes halogenated alkanes) is 1. The first-order chi connectivity index (χ1) is 12.8. The Hall–Kier alpha value is -1.92. The van der Waals surface area contributed by atoms with E-state index in [1.807, 2.05) is 6.07 Å². The van der Waals surface area contributed by atoms with E-state index in [9.17, 15) is 9.59 Å². The zero-order chi connectivity index (χ0) is 19.9. The average Bonchev–Trinajstić information content (AvgIpc) is 2.94. The summed E-state index contributed by atoms with van der Waals surface area (Å²) < 4.78 is 17.3. The van der Waals surface area contributed by atoms with Gasteiger partial charge >= 0.3 is 5.97 Å². The van der Waals surface area contributed by atoms with Crippen molar-refractivity contribution in [2.75, 3.05) is 6.61 Å². The fourth-order valence-corrected chi connectivity index (χ4v) is 5.96. The Bertz CT molecular complexity index is 658. The Morgan fingerprint density at radius 2 is 2.04 bits per heavy atom. The highest BCUT2D eigenvalue weighted by molar-refractivity contribution is 6.71. The van der Waals surface area contributed by atoms with Crippen LogP contribution in [0.15, 0.2) is 42.5 Å². The van der Waals surface area contributed by atoms with E-state index < -0.39 is 14.1 Å². The van der Waals surface area contributed by atoms with Crippen LogP contribution in [0.1, 0.15) is 43.0 Å². The molecule has 148 valence electrons. The summed E-state index contributed by atoms with van der Waals surface area (Å²) in [6.07, 6.45) is 3.43. The van der Waals surface area contributed by atoms with E-state index in [1.54, 1.807) is 24.3 Å². The van der Waals surface area contributed by atoms with E-state index in [-0.39, 0.29) is 18.5 Å². The highest BCUT2D eigenvalue weighted by atomic mass is 28.4. The van der Waals surface area contributed by atoms with E-state index >= 15 is 0 Å². The largest absolute Gasteiger partial charge is 0.461 e. The second kappa shape index (κ2) is 9.33.